The van der Waals surface area contributed by atoms with Crippen LogP contribution in [0.4, 0.5) is 0 Å². The molecule has 0 unspecified atom stereocenters. The van der Waals surface area contributed by atoms with Gasteiger partial charge in [-0.1, -0.05) is 30.3 Å². The fraction of sp³-hybridized carbons (Fsp3) is 0.480. The number of Topliss-reactive ketones (excluding diaryl/α,β-unsaturated/α-hetero) is 1. The lowest BCUT2D eigenvalue weighted by Gasteiger charge is -2.24. The molecule has 37 heavy (non-hydrogen) atoms. The molecule has 0 radical (unpaired) electrons. The maximum Gasteiger partial charge on any atom is 0.263 e. The van der Waals surface area contributed by atoms with E-state index in [0.717, 1.165) is 5.56 Å². The van der Waals surface area contributed by atoms with Crippen molar-refractivity contribution in [3.05, 3.63) is 52.0 Å². The molecular formula is C25H32N4O7S. The molecule has 11 nitrogen and oxygen atoms in total. The molecule has 200 valence electrons. The van der Waals surface area contributed by atoms with E-state index in [0.29, 0.717) is 9.88 Å². The van der Waals surface area contributed by atoms with Crippen LogP contribution in [0, 0.1) is 6.92 Å². The summed E-state index contributed by atoms with van der Waals surface area (Å²) in [6.07, 6.45) is 0.897. The van der Waals surface area contributed by atoms with Gasteiger partial charge in [-0.25, -0.2) is 4.98 Å². The van der Waals surface area contributed by atoms with Gasteiger partial charge in [-0.05, 0) is 25.8 Å². The van der Waals surface area contributed by atoms with Crippen LogP contribution >= 0.6 is 11.3 Å². The number of aromatic nitrogens is 1. The molecular weight excluding hydrogens is 500 g/mol. The minimum atomic E-state index is -1.12. The number of ketones is 1. The van der Waals surface area contributed by atoms with E-state index >= 15 is 0 Å². The van der Waals surface area contributed by atoms with E-state index in [4.69, 9.17) is 14.2 Å². The number of amides is 3. The van der Waals surface area contributed by atoms with Crippen molar-refractivity contribution < 1.29 is 33.4 Å². The molecule has 0 spiro atoms. The van der Waals surface area contributed by atoms with Crippen LogP contribution in [-0.4, -0.2) is 86.3 Å². The first kappa shape index (κ1) is 28.4. The third-order valence-corrected chi connectivity index (χ3v) is 6.61. The summed E-state index contributed by atoms with van der Waals surface area (Å²) in [7, 11) is 2.78. The standard InChI is InChI=1S/C25H32N4O7S/c1-14-22(36-14)21(30)17(10-16-8-6-5-7-9-16)27-23(31)18(12-34-3)28-24(32)19(13-35-4)29-25(33)20-11-26-15(2)37-20/h5-9,11,14,17-19,22H,10,12-13H2,1-4H3,(H,27,31)(H,28,32)(H,29,33)/t14-,17-,18-,19-,22+/m0/s1. The van der Waals surface area contributed by atoms with Crippen molar-refractivity contribution in [2.75, 3.05) is 27.4 Å². The highest BCUT2D eigenvalue weighted by Gasteiger charge is 2.44. The Morgan fingerprint density at radius 3 is 2.05 bits per heavy atom. The summed E-state index contributed by atoms with van der Waals surface area (Å²) in [6, 6.07) is 6.23. The van der Waals surface area contributed by atoms with Crippen LogP contribution in [0.2, 0.25) is 0 Å². The zero-order chi connectivity index (χ0) is 26.9. The van der Waals surface area contributed by atoms with Crippen molar-refractivity contribution in [3.63, 3.8) is 0 Å². The molecule has 12 heteroatoms. The van der Waals surface area contributed by atoms with Crippen molar-refractivity contribution in [1.29, 1.82) is 0 Å². The Morgan fingerprint density at radius 1 is 0.973 bits per heavy atom. The largest absolute Gasteiger partial charge is 0.382 e. The van der Waals surface area contributed by atoms with E-state index in [2.05, 4.69) is 20.9 Å². The number of methoxy groups -OCH3 is 2. The number of hydrogen-bond donors (Lipinski definition) is 3. The Labute approximate surface area is 219 Å². The number of benzene rings is 1. The number of carbonyl (C=O) groups is 4. The van der Waals surface area contributed by atoms with E-state index < -0.39 is 42.0 Å². The monoisotopic (exact) mass is 532 g/mol. The zero-order valence-electron chi connectivity index (χ0n) is 21.2. The number of epoxide rings is 1. The quantitative estimate of drug-likeness (QED) is 0.296. The Bertz CT molecular complexity index is 1090. The molecule has 1 saturated heterocycles. The number of nitrogens with one attached hydrogen (secondary N) is 3. The van der Waals surface area contributed by atoms with Crippen LogP contribution in [0.15, 0.2) is 36.5 Å². The zero-order valence-corrected chi connectivity index (χ0v) is 22.0. The minimum Gasteiger partial charge on any atom is -0.382 e. The summed E-state index contributed by atoms with van der Waals surface area (Å²) < 4.78 is 15.6. The van der Waals surface area contributed by atoms with Gasteiger partial charge in [0.1, 0.15) is 23.1 Å². The lowest BCUT2D eigenvalue weighted by molar-refractivity contribution is -0.133. The number of aryl methyl sites for hydroxylation is 1. The van der Waals surface area contributed by atoms with E-state index in [9.17, 15) is 19.2 Å². The number of hydrogen-bond acceptors (Lipinski definition) is 9. The van der Waals surface area contributed by atoms with Crippen molar-refractivity contribution >= 4 is 34.8 Å². The highest BCUT2D eigenvalue weighted by atomic mass is 32.1. The fourth-order valence-electron chi connectivity index (χ4n) is 3.69. The Balaban J connectivity index is 1.69. The van der Waals surface area contributed by atoms with Gasteiger partial charge in [0.25, 0.3) is 5.91 Å². The number of thiazole rings is 1. The number of carbonyl (C=O) groups excluding carboxylic acids is 4. The molecule has 5 atom stereocenters. The van der Waals surface area contributed by atoms with Gasteiger partial charge < -0.3 is 30.2 Å². The predicted octanol–water partition coefficient (Wildman–Crippen LogP) is 0.411. The van der Waals surface area contributed by atoms with E-state index in [1.54, 1.807) is 13.8 Å². The van der Waals surface area contributed by atoms with Gasteiger partial charge in [0.15, 0.2) is 5.78 Å². The second-order valence-electron chi connectivity index (χ2n) is 8.66. The molecule has 0 saturated carbocycles. The van der Waals surface area contributed by atoms with E-state index in [1.165, 1.54) is 31.8 Å². The van der Waals surface area contributed by atoms with Gasteiger partial charge in [0.2, 0.25) is 11.8 Å². The first-order valence-electron chi connectivity index (χ1n) is 11.8. The highest BCUT2D eigenvalue weighted by molar-refractivity contribution is 7.13. The van der Waals surface area contributed by atoms with Crippen LogP contribution in [0.3, 0.4) is 0 Å². The molecule has 1 aromatic heterocycles. The number of rotatable bonds is 14. The predicted molar refractivity (Wildman–Crippen MR) is 135 cm³/mol. The molecule has 0 bridgehead atoms. The Hall–Kier alpha value is -3.19. The van der Waals surface area contributed by atoms with Crippen molar-refractivity contribution in [3.8, 4) is 0 Å². The first-order valence-corrected chi connectivity index (χ1v) is 12.6. The topological polar surface area (TPSA) is 148 Å². The first-order chi connectivity index (χ1) is 17.7. The summed E-state index contributed by atoms with van der Waals surface area (Å²) in [5.74, 6) is -1.96. The average Bonchev–Trinajstić information content (AvgIpc) is 3.45. The molecule has 3 rings (SSSR count). The second kappa shape index (κ2) is 13.4. The normalized spacial score (nSPS) is 18.8. The summed E-state index contributed by atoms with van der Waals surface area (Å²) in [5, 5.41) is 8.66. The van der Waals surface area contributed by atoms with Crippen LogP contribution in [0.1, 0.15) is 27.2 Å². The fourth-order valence-corrected chi connectivity index (χ4v) is 4.38. The van der Waals surface area contributed by atoms with Crippen molar-refractivity contribution in [1.82, 2.24) is 20.9 Å². The summed E-state index contributed by atoms with van der Waals surface area (Å²) in [5.41, 5.74) is 0.864. The average molecular weight is 533 g/mol. The SMILES string of the molecule is COC[C@H](NC(=O)c1cnc(C)s1)C(=O)N[C@@H](COC)C(=O)N[C@@H](Cc1ccccc1)C(=O)[C@@H]1O[C@H]1C. The van der Waals surface area contributed by atoms with Crippen molar-refractivity contribution in [2.45, 2.75) is 50.6 Å². The maximum atomic E-state index is 13.2. The van der Waals surface area contributed by atoms with Gasteiger partial charge in [-0.3, -0.25) is 19.2 Å². The molecule has 2 heterocycles. The lowest BCUT2D eigenvalue weighted by atomic mass is 9.99. The van der Waals surface area contributed by atoms with Gasteiger partial charge in [-0.2, -0.15) is 0 Å². The van der Waals surface area contributed by atoms with Crippen molar-refractivity contribution in [2.24, 2.45) is 0 Å². The second-order valence-corrected chi connectivity index (χ2v) is 9.89. The number of ether oxygens (including phenoxy) is 3. The highest BCUT2D eigenvalue weighted by Crippen LogP contribution is 2.24. The molecule has 2 aromatic rings. The van der Waals surface area contributed by atoms with Crippen LogP contribution < -0.4 is 16.0 Å². The lowest BCUT2D eigenvalue weighted by Crippen LogP contribution is -2.58. The van der Waals surface area contributed by atoms with Crippen LogP contribution in [0.5, 0.6) is 0 Å². The molecule has 3 N–H and O–H groups in total. The van der Waals surface area contributed by atoms with Crippen LogP contribution in [0.25, 0.3) is 0 Å². The van der Waals surface area contributed by atoms with Gasteiger partial charge in [-0.15, -0.1) is 11.3 Å². The molecule has 1 aromatic carbocycles. The summed E-state index contributed by atoms with van der Waals surface area (Å²) in [4.78, 5) is 56.2. The Kier molecular flexibility index (Phi) is 10.3. The molecule has 0 aliphatic carbocycles. The van der Waals surface area contributed by atoms with E-state index in [-0.39, 0.29) is 31.5 Å². The van der Waals surface area contributed by atoms with Gasteiger partial charge >= 0.3 is 0 Å². The van der Waals surface area contributed by atoms with Gasteiger partial charge in [0.05, 0.1) is 36.6 Å². The van der Waals surface area contributed by atoms with E-state index in [1.807, 2.05) is 30.3 Å². The molecule has 1 fully saturated rings. The number of nitrogens with zero attached hydrogens (tertiary/aromatic N) is 1. The molecule has 1 aliphatic heterocycles. The van der Waals surface area contributed by atoms with Gasteiger partial charge in [0, 0.05) is 14.2 Å². The Morgan fingerprint density at radius 2 is 1.54 bits per heavy atom. The molecule has 1 aliphatic rings. The minimum absolute atomic E-state index is 0.122. The molecule has 3 amide bonds. The smallest absolute Gasteiger partial charge is 0.263 e. The summed E-state index contributed by atoms with van der Waals surface area (Å²) in [6.45, 7) is 3.28. The van der Waals surface area contributed by atoms with Crippen LogP contribution in [-0.2, 0) is 35.0 Å². The summed E-state index contributed by atoms with van der Waals surface area (Å²) >= 11 is 1.19. The maximum absolute atomic E-state index is 13.2. The third-order valence-electron chi connectivity index (χ3n) is 5.70. The third kappa shape index (κ3) is 8.15.